The number of aliphatic hydroxyl groups is 1. The zero-order valence-electron chi connectivity index (χ0n) is 10.5. The molecule has 0 radical (unpaired) electrons. The van der Waals surface area contributed by atoms with Gasteiger partial charge in [-0.1, -0.05) is 0 Å². The summed E-state index contributed by atoms with van der Waals surface area (Å²) >= 11 is 0. The predicted molar refractivity (Wildman–Crippen MR) is 65.6 cm³/mol. The molecular weight excluding hydrogens is 258 g/mol. The van der Waals surface area contributed by atoms with Crippen LogP contribution in [0.5, 0.6) is 0 Å². The average molecular weight is 274 g/mol. The van der Waals surface area contributed by atoms with Crippen LogP contribution in [0.3, 0.4) is 0 Å². The van der Waals surface area contributed by atoms with Crippen molar-refractivity contribution in [2.75, 3.05) is 39.1 Å². The molecule has 5 nitrogen and oxygen atoms in total. The zero-order chi connectivity index (χ0) is 14.4. The molecule has 0 heterocycles. The van der Waals surface area contributed by atoms with Crippen LogP contribution in [0.2, 0.25) is 0 Å². The smallest absolute Gasteiger partial charge is 0.256 e. The highest BCUT2D eigenvalue weighted by molar-refractivity contribution is 5.99. The highest BCUT2D eigenvalue weighted by Crippen LogP contribution is 2.18. The average Bonchev–Trinajstić information content (AvgIpc) is 2.38. The van der Waals surface area contributed by atoms with Crippen molar-refractivity contribution in [3.05, 3.63) is 29.3 Å². The molecule has 0 saturated carbocycles. The molecule has 1 aromatic rings. The molecule has 1 aromatic carbocycles. The topological polar surface area (TPSA) is 75.8 Å². The quantitative estimate of drug-likeness (QED) is 0.746. The van der Waals surface area contributed by atoms with Gasteiger partial charge in [0, 0.05) is 32.0 Å². The highest BCUT2D eigenvalue weighted by atomic mass is 19.2. The Morgan fingerprint density at radius 2 is 2.00 bits per heavy atom. The van der Waals surface area contributed by atoms with Crippen LogP contribution in [0.25, 0.3) is 0 Å². The van der Waals surface area contributed by atoms with Gasteiger partial charge in [0.15, 0.2) is 11.6 Å². The van der Waals surface area contributed by atoms with Gasteiger partial charge in [-0.05, 0) is 6.07 Å². The minimum Gasteiger partial charge on any atom is -0.398 e. The molecule has 0 saturated heterocycles. The monoisotopic (exact) mass is 274 g/mol. The van der Waals surface area contributed by atoms with E-state index in [2.05, 4.69) is 0 Å². The van der Waals surface area contributed by atoms with E-state index in [0.29, 0.717) is 0 Å². The standard InChI is InChI=1S/C12H16F2N2O3/c1-19-5-3-16(2-4-17)12(18)8-6-9(13)10(14)7-11(8)15/h6-7,17H,2-5,15H2,1H3. The van der Waals surface area contributed by atoms with E-state index < -0.39 is 17.5 Å². The van der Waals surface area contributed by atoms with Gasteiger partial charge < -0.3 is 20.5 Å². The molecule has 0 bridgehead atoms. The molecule has 3 N–H and O–H groups in total. The number of amides is 1. The number of hydrogen-bond donors (Lipinski definition) is 2. The Hall–Kier alpha value is -1.73. The second-order valence-corrected chi connectivity index (χ2v) is 3.86. The lowest BCUT2D eigenvalue weighted by Gasteiger charge is -2.22. The highest BCUT2D eigenvalue weighted by Gasteiger charge is 2.20. The van der Waals surface area contributed by atoms with Gasteiger partial charge in [-0.15, -0.1) is 0 Å². The van der Waals surface area contributed by atoms with Crippen LogP contribution >= 0.6 is 0 Å². The third-order valence-electron chi connectivity index (χ3n) is 2.55. The molecule has 0 unspecified atom stereocenters. The number of ether oxygens (including phenoxy) is 1. The summed E-state index contributed by atoms with van der Waals surface area (Å²) in [4.78, 5) is 13.4. The molecule has 1 amide bonds. The number of nitrogen functional groups attached to an aromatic ring is 1. The number of rotatable bonds is 6. The molecule has 0 aromatic heterocycles. The third-order valence-corrected chi connectivity index (χ3v) is 2.55. The lowest BCUT2D eigenvalue weighted by molar-refractivity contribution is 0.0657. The number of nitrogens with two attached hydrogens (primary N) is 1. The van der Waals surface area contributed by atoms with Gasteiger partial charge >= 0.3 is 0 Å². The molecule has 0 aliphatic heterocycles. The molecule has 106 valence electrons. The number of halogens is 2. The van der Waals surface area contributed by atoms with Crippen LogP contribution in [0, 0.1) is 11.6 Å². The summed E-state index contributed by atoms with van der Waals surface area (Å²) in [5.74, 6) is -2.84. The second kappa shape index (κ2) is 7.01. The molecule has 19 heavy (non-hydrogen) atoms. The molecule has 0 fully saturated rings. The van der Waals surface area contributed by atoms with Gasteiger partial charge in [0.2, 0.25) is 0 Å². The number of aliphatic hydroxyl groups excluding tert-OH is 1. The lowest BCUT2D eigenvalue weighted by Crippen LogP contribution is -2.36. The van der Waals surface area contributed by atoms with Crippen LogP contribution in [0.4, 0.5) is 14.5 Å². The van der Waals surface area contributed by atoms with E-state index in [1.165, 1.54) is 12.0 Å². The fourth-order valence-electron chi connectivity index (χ4n) is 1.55. The van der Waals surface area contributed by atoms with Gasteiger partial charge in [-0.3, -0.25) is 4.79 Å². The molecule has 7 heteroatoms. The van der Waals surface area contributed by atoms with Gasteiger partial charge in [0.05, 0.1) is 18.8 Å². The number of anilines is 1. The van der Waals surface area contributed by atoms with E-state index in [-0.39, 0.29) is 37.6 Å². The first-order chi connectivity index (χ1) is 9.01. The van der Waals surface area contributed by atoms with Crippen LogP contribution < -0.4 is 5.73 Å². The van der Waals surface area contributed by atoms with E-state index in [1.807, 2.05) is 0 Å². The summed E-state index contributed by atoms with van der Waals surface area (Å²) in [6.07, 6.45) is 0. The van der Waals surface area contributed by atoms with Crippen molar-refractivity contribution in [1.82, 2.24) is 4.90 Å². The molecule has 0 aliphatic rings. The van der Waals surface area contributed by atoms with Crippen LogP contribution in [0.15, 0.2) is 12.1 Å². The van der Waals surface area contributed by atoms with Crippen LogP contribution in [0.1, 0.15) is 10.4 Å². The van der Waals surface area contributed by atoms with Crippen molar-refractivity contribution in [3.63, 3.8) is 0 Å². The number of hydrogen-bond acceptors (Lipinski definition) is 4. The van der Waals surface area contributed by atoms with E-state index in [9.17, 15) is 13.6 Å². The van der Waals surface area contributed by atoms with Crippen molar-refractivity contribution in [2.45, 2.75) is 0 Å². The number of nitrogens with zero attached hydrogens (tertiary/aromatic N) is 1. The summed E-state index contributed by atoms with van der Waals surface area (Å²) in [5, 5.41) is 8.90. The summed E-state index contributed by atoms with van der Waals surface area (Å²) in [6, 6.07) is 1.51. The molecule has 1 rings (SSSR count). The van der Waals surface area contributed by atoms with Gasteiger partial charge in [0.25, 0.3) is 5.91 Å². The SMILES string of the molecule is COCCN(CCO)C(=O)c1cc(F)c(F)cc1N. The minimum absolute atomic E-state index is 0.0562. The third kappa shape index (κ3) is 3.87. The Morgan fingerprint density at radius 1 is 1.37 bits per heavy atom. The van der Waals surface area contributed by atoms with Crippen molar-refractivity contribution < 1.29 is 23.4 Å². The fourth-order valence-corrected chi connectivity index (χ4v) is 1.55. The van der Waals surface area contributed by atoms with E-state index in [4.69, 9.17) is 15.6 Å². The van der Waals surface area contributed by atoms with Gasteiger partial charge in [-0.2, -0.15) is 0 Å². The maximum atomic E-state index is 13.1. The number of methoxy groups -OCH3 is 1. The van der Waals surface area contributed by atoms with Gasteiger partial charge in [-0.25, -0.2) is 8.78 Å². The van der Waals surface area contributed by atoms with Crippen molar-refractivity contribution >= 4 is 11.6 Å². The Labute approximate surface area is 109 Å². The first kappa shape index (κ1) is 15.3. The maximum absolute atomic E-state index is 13.1. The fraction of sp³-hybridized carbons (Fsp3) is 0.417. The molecular formula is C12H16F2N2O3. The predicted octanol–water partition coefficient (Wildman–Crippen LogP) is 0.628. The summed E-state index contributed by atoms with van der Waals surface area (Å²) < 4.78 is 30.9. The Kier molecular flexibility index (Phi) is 5.65. The molecule has 0 atom stereocenters. The summed E-state index contributed by atoms with van der Waals surface area (Å²) in [7, 11) is 1.47. The van der Waals surface area contributed by atoms with Gasteiger partial charge in [0.1, 0.15) is 0 Å². The summed E-state index contributed by atoms with van der Waals surface area (Å²) in [5.41, 5.74) is 5.22. The lowest BCUT2D eigenvalue weighted by atomic mass is 10.1. The van der Waals surface area contributed by atoms with E-state index >= 15 is 0 Å². The first-order valence-corrected chi connectivity index (χ1v) is 5.64. The van der Waals surface area contributed by atoms with Crippen molar-refractivity contribution in [3.8, 4) is 0 Å². The van der Waals surface area contributed by atoms with Crippen molar-refractivity contribution in [1.29, 1.82) is 0 Å². The Bertz CT molecular complexity index is 455. The largest absolute Gasteiger partial charge is 0.398 e. The maximum Gasteiger partial charge on any atom is 0.256 e. The van der Waals surface area contributed by atoms with Crippen LogP contribution in [-0.2, 0) is 4.74 Å². The second-order valence-electron chi connectivity index (χ2n) is 3.86. The van der Waals surface area contributed by atoms with Crippen LogP contribution in [-0.4, -0.2) is 49.3 Å². The normalized spacial score (nSPS) is 10.5. The summed E-state index contributed by atoms with van der Waals surface area (Å²) in [6.45, 7) is 0.281. The number of carbonyl (C=O) groups excluding carboxylic acids is 1. The minimum atomic E-state index is -1.15. The zero-order valence-corrected chi connectivity index (χ0v) is 10.5. The number of benzene rings is 1. The van der Waals surface area contributed by atoms with E-state index in [1.54, 1.807) is 0 Å². The molecule has 0 aliphatic carbocycles. The number of carbonyl (C=O) groups is 1. The Balaban J connectivity index is 2.98. The first-order valence-electron chi connectivity index (χ1n) is 5.64. The van der Waals surface area contributed by atoms with E-state index in [0.717, 1.165) is 12.1 Å². The molecule has 0 spiro atoms. The Morgan fingerprint density at radius 3 is 2.58 bits per heavy atom. The van der Waals surface area contributed by atoms with Crippen molar-refractivity contribution in [2.24, 2.45) is 0 Å².